The third-order valence-corrected chi connectivity index (χ3v) is 3.22. The molecule has 6 nitrogen and oxygen atoms in total. The van der Waals surface area contributed by atoms with E-state index in [1.807, 2.05) is 6.07 Å². The van der Waals surface area contributed by atoms with E-state index in [0.717, 1.165) is 0 Å². The summed E-state index contributed by atoms with van der Waals surface area (Å²) in [7, 11) is 1.61. The number of nitro groups is 1. The first kappa shape index (κ1) is 15.9. The van der Waals surface area contributed by atoms with Crippen molar-refractivity contribution in [2.75, 3.05) is 11.9 Å². The lowest BCUT2D eigenvalue weighted by Crippen LogP contribution is -2.23. The van der Waals surface area contributed by atoms with Gasteiger partial charge in [-0.25, -0.2) is 0 Å². The van der Waals surface area contributed by atoms with Crippen molar-refractivity contribution in [3.63, 3.8) is 0 Å². The van der Waals surface area contributed by atoms with Crippen molar-refractivity contribution in [1.29, 1.82) is 5.26 Å². The molecule has 0 spiro atoms. The normalized spacial score (nSPS) is 10.3. The number of hydrogen-bond donors (Lipinski definition) is 0. The molecule has 0 atom stereocenters. The van der Waals surface area contributed by atoms with Crippen LogP contribution in [0.25, 0.3) is 6.08 Å². The molecule has 0 saturated heterocycles. The minimum atomic E-state index is -0.478. The van der Waals surface area contributed by atoms with Gasteiger partial charge in [0.15, 0.2) is 0 Å². The van der Waals surface area contributed by atoms with E-state index in [-0.39, 0.29) is 11.6 Å². The molecule has 0 aliphatic heterocycles. The van der Waals surface area contributed by atoms with Gasteiger partial charge in [0.2, 0.25) is 0 Å². The monoisotopic (exact) mass is 307 g/mol. The summed E-state index contributed by atoms with van der Waals surface area (Å²) >= 11 is 0. The van der Waals surface area contributed by atoms with Gasteiger partial charge in [0, 0.05) is 30.9 Å². The Balaban J connectivity index is 2.11. The van der Waals surface area contributed by atoms with Crippen LogP contribution in [-0.2, 0) is 4.79 Å². The molecule has 114 valence electrons. The summed E-state index contributed by atoms with van der Waals surface area (Å²) in [4.78, 5) is 23.7. The number of benzene rings is 2. The summed E-state index contributed by atoms with van der Waals surface area (Å²) in [6.45, 7) is 0. The fraction of sp³-hybridized carbons (Fsp3) is 0.0588. The van der Waals surface area contributed by atoms with E-state index in [1.54, 1.807) is 49.5 Å². The minimum absolute atomic E-state index is 0.00101. The number of non-ortho nitro benzene ring substituents is 1. The number of nitriles is 1. The van der Waals surface area contributed by atoms with Crippen LogP contribution in [0, 0.1) is 21.4 Å². The molecule has 23 heavy (non-hydrogen) atoms. The van der Waals surface area contributed by atoms with Gasteiger partial charge < -0.3 is 4.90 Å². The van der Waals surface area contributed by atoms with Gasteiger partial charge in [0.25, 0.3) is 11.6 Å². The third-order valence-electron chi connectivity index (χ3n) is 3.22. The minimum Gasteiger partial charge on any atom is -0.312 e. The summed E-state index contributed by atoms with van der Waals surface area (Å²) in [6.07, 6.45) is 2.96. The Bertz CT molecular complexity index is 805. The molecule has 0 heterocycles. The van der Waals surface area contributed by atoms with E-state index in [0.29, 0.717) is 16.8 Å². The third kappa shape index (κ3) is 4.02. The zero-order valence-corrected chi connectivity index (χ0v) is 12.3. The number of carbonyl (C=O) groups excluding carboxylic acids is 1. The largest absolute Gasteiger partial charge is 0.312 e. The van der Waals surface area contributed by atoms with Crippen LogP contribution >= 0.6 is 0 Å². The van der Waals surface area contributed by atoms with Gasteiger partial charge in [-0.1, -0.05) is 6.07 Å². The number of carbonyl (C=O) groups is 1. The Morgan fingerprint density at radius 1 is 1.26 bits per heavy atom. The fourth-order valence-electron chi connectivity index (χ4n) is 1.90. The molecule has 2 aromatic carbocycles. The van der Waals surface area contributed by atoms with Crippen LogP contribution in [0.1, 0.15) is 11.1 Å². The van der Waals surface area contributed by atoms with Crippen molar-refractivity contribution in [3.8, 4) is 6.07 Å². The quantitative estimate of drug-likeness (QED) is 0.493. The summed E-state index contributed by atoms with van der Waals surface area (Å²) in [5.74, 6) is -0.265. The highest BCUT2D eigenvalue weighted by Crippen LogP contribution is 2.16. The Kier molecular flexibility index (Phi) is 4.85. The van der Waals surface area contributed by atoms with Crippen LogP contribution in [0.15, 0.2) is 54.6 Å². The SMILES string of the molecule is CN(C(=O)/C=C/c1ccc([N+](=O)[O-])cc1)c1cccc(C#N)c1. The molecule has 0 aliphatic rings. The van der Waals surface area contributed by atoms with Gasteiger partial charge in [0.05, 0.1) is 16.6 Å². The van der Waals surface area contributed by atoms with Crippen molar-refractivity contribution < 1.29 is 9.72 Å². The van der Waals surface area contributed by atoms with Crippen LogP contribution in [0.2, 0.25) is 0 Å². The molecule has 1 amide bonds. The van der Waals surface area contributed by atoms with Crippen molar-refractivity contribution in [2.24, 2.45) is 0 Å². The van der Waals surface area contributed by atoms with Crippen molar-refractivity contribution in [1.82, 2.24) is 0 Å². The van der Waals surface area contributed by atoms with E-state index in [2.05, 4.69) is 0 Å². The summed E-state index contributed by atoms with van der Waals surface area (Å²) in [5.41, 5.74) is 1.77. The summed E-state index contributed by atoms with van der Waals surface area (Å²) in [6, 6.07) is 14.6. The molecule has 6 heteroatoms. The van der Waals surface area contributed by atoms with Gasteiger partial charge in [-0.2, -0.15) is 5.26 Å². The maximum Gasteiger partial charge on any atom is 0.269 e. The van der Waals surface area contributed by atoms with Crippen LogP contribution in [0.4, 0.5) is 11.4 Å². The Hall–Kier alpha value is -3.46. The molecule has 0 aliphatic carbocycles. The molecular formula is C17H13N3O3. The van der Waals surface area contributed by atoms with Crippen LogP contribution in [0.5, 0.6) is 0 Å². The molecule has 0 aromatic heterocycles. The molecule has 2 aromatic rings. The average Bonchev–Trinajstić information content (AvgIpc) is 2.59. The number of hydrogen-bond acceptors (Lipinski definition) is 4. The molecule has 2 rings (SSSR count). The summed E-state index contributed by atoms with van der Waals surface area (Å²) < 4.78 is 0. The second-order valence-electron chi connectivity index (χ2n) is 4.74. The highest BCUT2D eigenvalue weighted by molar-refractivity contribution is 6.03. The topological polar surface area (TPSA) is 87.2 Å². The van der Waals surface area contributed by atoms with Crippen molar-refractivity contribution in [3.05, 3.63) is 75.8 Å². The Morgan fingerprint density at radius 3 is 2.57 bits per heavy atom. The number of rotatable bonds is 4. The van der Waals surface area contributed by atoms with Gasteiger partial charge >= 0.3 is 0 Å². The molecule has 0 radical (unpaired) electrons. The van der Waals surface area contributed by atoms with Gasteiger partial charge in [-0.15, -0.1) is 0 Å². The average molecular weight is 307 g/mol. The Morgan fingerprint density at radius 2 is 1.96 bits per heavy atom. The molecule has 0 N–H and O–H groups in total. The molecule has 0 unspecified atom stereocenters. The first-order chi connectivity index (χ1) is 11.0. The van der Waals surface area contributed by atoms with Gasteiger partial charge in [-0.3, -0.25) is 14.9 Å². The maximum absolute atomic E-state index is 12.1. The van der Waals surface area contributed by atoms with Crippen LogP contribution in [0.3, 0.4) is 0 Å². The van der Waals surface area contributed by atoms with Gasteiger partial charge in [0.1, 0.15) is 0 Å². The lowest BCUT2D eigenvalue weighted by molar-refractivity contribution is -0.384. The number of nitro benzene ring substituents is 1. The second kappa shape index (κ2) is 7.00. The first-order valence-electron chi connectivity index (χ1n) is 6.71. The molecule has 0 fully saturated rings. The highest BCUT2D eigenvalue weighted by atomic mass is 16.6. The standard InChI is InChI=1S/C17H13N3O3/c1-19(16-4-2-3-14(11-16)12-18)17(21)10-7-13-5-8-15(9-6-13)20(22)23/h2-11H,1H3/b10-7+. The zero-order chi connectivity index (χ0) is 16.8. The van der Waals surface area contributed by atoms with E-state index < -0.39 is 4.92 Å². The highest BCUT2D eigenvalue weighted by Gasteiger charge is 2.08. The predicted molar refractivity (Wildman–Crippen MR) is 86.7 cm³/mol. The summed E-state index contributed by atoms with van der Waals surface area (Å²) in [5, 5.41) is 19.5. The van der Waals surface area contributed by atoms with Crippen molar-refractivity contribution in [2.45, 2.75) is 0 Å². The second-order valence-corrected chi connectivity index (χ2v) is 4.74. The number of anilines is 1. The van der Waals surface area contributed by atoms with E-state index in [1.165, 1.54) is 23.1 Å². The molecule has 0 saturated carbocycles. The van der Waals surface area contributed by atoms with E-state index in [4.69, 9.17) is 5.26 Å². The number of nitrogens with zero attached hydrogens (tertiary/aromatic N) is 3. The van der Waals surface area contributed by atoms with Crippen LogP contribution in [-0.4, -0.2) is 17.9 Å². The smallest absolute Gasteiger partial charge is 0.269 e. The fourth-order valence-corrected chi connectivity index (χ4v) is 1.90. The first-order valence-corrected chi connectivity index (χ1v) is 6.71. The van der Waals surface area contributed by atoms with Gasteiger partial charge in [-0.05, 0) is 42.0 Å². The Labute approximate surface area is 133 Å². The molecule has 0 bridgehead atoms. The predicted octanol–water partition coefficient (Wildman–Crippen LogP) is 3.14. The lowest BCUT2D eigenvalue weighted by Gasteiger charge is -2.15. The lowest BCUT2D eigenvalue weighted by atomic mass is 10.2. The van der Waals surface area contributed by atoms with Crippen molar-refractivity contribution >= 4 is 23.4 Å². The maximum atomic E-state index is 12.1. The number of likely N-dealkylation sites (N-methyl/N-ethyl adjacent to an activating group) is 1. The van der Waals surface area contributed by atoms with Crippen LogP contribution < -0.4 is 4.90 Å². The zero-order valence-electron chi connectivity index (χ0n) is 12.3. The number of amides is 1. The molecular weight excluding hydrogens is 294 g/mol. The van der Waals surface area contributed by atoms with E-state index >= 15 is 0 Å². The van der Waals surface area contributed by atoms with E-state index in [9.17, 15) is 14.9 Å².